The summed E-state index contributed by atoms with van der Waals surface area (Å²) in [6.07, 6.45) is 28.2. The summed E-state index contributed by atoms with van der Waals surface area (Å²) in [7, 11) is 6.58. The van der Waals surface area contributed by atoms with Gasteiger partial charge in [-0.1, -0.05) is 61.4 Å². The van der Waals surface area contributed by atoms with Gasteiger partial charge in [-0.15, -0.1) is 12.8 Å². The SMILES string of the molecule is C#C.C=C(C[C](C)(CC)[Tl]([CH3])[Cl])C(=C\CC)/C=C/CCC.CCC/C=C\C=C/F.Cc1ccccc1. The molecule has 3 heteroatoms. The van der Waals surface area contributed by atoms with Gasteiger partial charge in [0.25, 0.3) is 0 Å². The Balaban J connectivity index is -0.000000521. The average molecular weight is 707 g/mol. The summed E-state index contributed by atoms with van der Waals surface area (Å²) >= 11 is -2.00. The smallest absolute Gasteiger partial charge is 0.0866 e. The first-order chi connectivity index (χ1) is 17.2. The zero-order valence-electron chi connectivity index (χ0n) is 24.1. The van der Waals surface area contributed by atoms with Gasteiger partial charge in [-0.3, -0.25) is 0 Å². The van der Waals surface area contributed by atoms with E-state index in [4.69, 9.17) is 8.32 Å². The third-order valence-corrected chi connectivity index (χ3v) is 20.2. The minimum Gasteiger partial charge on any atom is -0.216 e. The summed E-state index contributed by atoms with van der Waals surface area (Å²) in [5.41, 5.74) is 3.91. The van der Waals surface area contributed by atoms with E-state index < -0.39 is 21.5 Å². The van der Waals surface area contributed by atoms with Gasteiger partial charge in [0, 0.05) is 0 Å². The molecule has 0 saturated heterocycles. The van der Waals surface area contributed by atoms with E-state index in [2.05, 4.69) is 95.8 Å². The minimum atomic E-state index is -2.00. The molecule has 0 aromatic heterocycles. The first-order valence-corrected chi connectivity index (χ1v) is 25.4. The first kappa shape index (κ1) is 39.1. The molecule has 1 unspecified atom stereocenters. The topological polar surface area (TPSA) is 0 Å². The van der Waals surface area contributed by atoms with Crippen LogP contribution < -0.4 is 0 Å². The van der Waals surface area contributed by atoms with Crippen LogP contribution >= 0.6 is 8.32 Å². The molecule has 1 rings (SSSR count). The Morgan fingerprint density at radius 2 is 1.58 bits per heavy atom. The van der Waals surface area contributed by atoms with Crippen LogP contribution in [0.3, 0.4) is 0 Å². The second kappa shape index (κ2) is 28.2. The molecule has 1 atom stereocenters. The summed E-state index contributed by atoms with van der Waals surface area (Å²) in [5.74, 6) is 0. The first-order valence-electron chi connectivity index (χ1n) is 13.2. The van der Waals surface area contributed by atoms with Crippen LogP contribution in [0.15, 0.2) is 90.8 Å². The summed E-state index contributed by atoms with van der Waals surface area (Å²) in [4.78, 5) is 0. The van der Waals surface area contributed by atoms with Crippen LogP contribution in [0, 0.1) is 19.8 Å². The molecule has 0 heterocycles. The van der Waals surface area contributed by atoms with Gasteiger partial charge < -0.3 is 0 Å². The number of terminal acetylenes is 1. The van der Waals surface area contributed by atoms with E-state index in [-0.39, 0.29) is 0 Å². The van der Waals surface area contributed by atoms with Crippen molar-refractivity contribution in [3.8, 4) is 12.8 Å². The van der Waals surface area contributed by atoms with Crippen molar-refractivity contribution in [3.63, 3.8) is 0 Å². The molecule has 0 fully saturated rings. The molecule has 0 radical (unpaired) electrons. The summed E-state index contributed by atoms with van der Waals surface area (Å²) in [6, 6.07) is 10.3. The predicted molar refractivity (Wildman–Crippen MR) is 168 cm³/mol. The van der Waals surface area contributed by atoms with Crippen molar-refractivity contribution in [2.24, 2.45) is 0 Å². The maximum atomic E-state index is 11.2. The Morgan fingerprint density at radius 1 is 1.03 bits per heavy atom. The Morgan fingerprint density at radius 3 is 1.97 bits per heavy atom. The molecule has 0 spiro atoms. The normalized spacial score (nSPS) is 12.6. The van der Waals surface area contributed by atoms with Crippen LogP contribution in [0.2, 0.25) is 7.46 Å². The van der Waals surface area contributed by atoms with Crippen molar-refractivity contribution >= 4 is 29.8 Å². The number of benzene rings is 1. The average Bonchev–Trinajstić information content (AvgIpc) is 2.88. The monoisotopic (exact) mass is 706 g/mol. The van der Waals surface area contributed by atoms with Crippen LogP contribution in [0.4, 0.5) is 4.39 Å². The fourth-order valence-corrected chi connectivity index (χ4v) is 9.25. The molecular weight excluding hydrogens is 655 g/mol. The van der Waals surface area contributed by atoms with Crippen molar-refractivity contribution in [2.75, 3.05) is 0 Å². The molecule has 200 valence electrons. The second-order valence-corrected chi connectivity index (χ2v) is 24.8. The van der Waals surface area contributed by atoms with Crippen molar-refractivity contribution in [3.05, 3.63) is 96.4 Å². The van der Waals surface area contributed by atoms with Gasteiger partial charge in [0.1, 0.15) is 0 Å². The van der Waals surface area contributed by atoms with Crippen molar-refractivity contribution in [2.45, 2.75) is 93.9 Å². The number of halogens is 2. The number of aryl methyl sites for hydroxylation is 1. The fourth-order valence-electron chi connectivity index (χ4n) is 2.98. The third-order valence-electron chi connectivity index (χ3n) is 5.69. The third kappa shape index (κ3) is 23.0. The molecule has 0 N–H and O–H groups in total. The summed E-state index contributed by atoms with van der Waals surface area (Å²) in [5, 5.41) is 0. The van der Waals surface area contributed by atoms with E-state index in [1.807, 2.05) is 24.3 Å². The van der Waals surface area contributed by atoms with Crippen molar-refractivity contribution in [1.29, 1.82) is 0 Å². The molecule has 0 aliphatic heterocycles. The van der Waals surface area contributed by atoms with E-state index in [1.54, 1.807) is 6.08 Å². The Hall–Kier alpha value is -1.38. The molecule has 1 aromatic carbocycles. The van der Waals surface area contributed by atoms with Gasteiger partial charge in [-0.2, -0.15) is 0 Å². The van der Waals surface area contributed by atoms with Gasteiger partial charge in [-0.05, 0) is 19.4 Å². The molecule has 0 amide bonds. The summed E-state index contributed by atoms with van der Waals surface area (Å²) < 4.78 is 13.9. The Kier molecular flexibility index (Phi) is 30.7. The summed E-state index contributed by atoms with van der Waals surface area (Å²) in [6.45, 7) is 17.5. The van der Waals surface area contributed by atoms with Gasteiger partial charge >= 0.3 is 133 Å². The molecular formula is C33H51ClFTl. The van der Waals surface area contributed by atoms with Crippen LogP contribution in [-0.4, -0.2) is 21.5 Å². The van der Waals surface area contributed by atoms with Gasteiger partial charge in [0.05, 0.1) is 6.33 Å². The van der Waals surface area contributed by atoms with Crippen LogP contribution in [-0.2, 0) is 0 Å². The van der Waals surface area contributed by atoms with Gasteiger partial charge in [-0.25, -0.2) is 4.39 Å². The van der Waals surface area contributed by atoms with E-state index in [1.165, 1.54) is 35.6 Å². The van der Waals surface area contributed by atoms with E-state index in [0.29, 0.717) is 9.30 Å². The van der Waals surface area contributed by atoms with E-state index in [0.717, 1.165) is 32.1 Å². The minimum absolute atomic E-state index is 0.351. The fraction of sp³-hybridized carbons (Fsp3) is 0.455. The number of hydrogen-bond acceptors (Lipinski definition) is 0. The molecule has 36 heavy (non-hydrogen) atoms. The largest absolute Gasteiger partial charge is 0.216 e. The van der Waals surface area contributed by atoms with E-state index >= 15 is 0 Å². The van der Waals surface area contributed by atoms with Crippen molar-refractivity contribution in [1.82, 2.24) is 0 Å². The standard InChI is InChI=1S/C16H27.C7H11F.C7H8.C2H2.CH3.ClH.Tl/c1-6-9-10-12-16(11-7-2)15(5)13-14(4)8-3;1-2-3-4-5-6-7-8;1-7-5-3-2-4-6-7;1-2;;;/h10-12H,5-9,13H2,1-4H3;4-7H,2-3H2,1H3;2-6H,1H3;1-2H;1H3;1H;/q;;;;;;+1/p-1/b12-10+,16-11-;5-4-,7-6-;;;;;. The zero-order valence-corrected chi connectivity index (χ0v) is 29.3. The van der Waals surface area contributed by atoms with Gasteiger partial charge in [0.2, 0.25) is 0 Å². The maximum absolute atomic E-state index is 11.2. The molecule has 0 bridgehead atoms. The molecule has 0 aliphatic carbocycles. The van der Waals surface area contributed by atoms with Crippen LogP contribution in [0.1, 0.15) is 85.1 Å². The number of hydrogen-bond donors (Lipinski definition) is 0. The number of allylic oxidation sites excluding steroid dienone is 8. The maximum Gasteiger partial charge on any atom is 0.0866 e. The Labute approximate surface area is 236 Å². The Bertz CT molecular complexity index is 771. The quantitative estimate of drug-likeness (QED) is 0.115. The van der Waals surface area contributed by atoms with E-state index in [9.17, 15) is 4.39 Å². The molecule has 0 aliphatic rings. The number of rotatable bonds is 12. The van der Waals surface area contributed by atoms with Crippen molar-refractivity contribution < 1.29 is 4.39 Å². The predicted octanol–water partition coefficient (Wildman–Crippen LogP) is 11.7. The molecule has 0 saturated carbocycles. The molecule has 0 nitrogen and oxygen atoms in total. The molecule has 1 aromatic rings. The number of unbranched alkanes of at least 4 members (excludes halogenated alkanes) is 2. The van der Waals surface area contributed by atoms with Gasteiger partial charge in [0.15, 0.2) is 0 Å². The second-order valence-electron chi connectivity index (χ2n) is 8.85. The van der Waals surface area contributed by atoms with Crippen LogP contribution in [0.5, 0.6) is 0 Å². The zero-order chi connectivity index (χ0) is 28.2. The van der Waals surface area contributed by atoms with Crippen LogP contribution in [0.25, 0.3) is 0 Å².